The summed E-state index contributed by atoms with van der Waals surface area (Å²) < 4.78 is 52.8. The summed E-state index contributed by atoms with van der Waals surface area (Å²) in [5.41, 5.74) is 1.52. The summed E-state index contributed by atoms with van der Waals surface area (Å²) in [5.74, 6) is -0.294. The van der Waals surface area contributed by atoms with Gasteiger partial charge in [-0.25, -0.2) is 4.79 Å². The third-order valence-corrected chi connectivity index (χ3v) is 5.40. The van der Waals surface area contributed by atoms with Crippen LogP contribution in [0.15, 0.2) is 60.9 Å². The van der Waals surface area contributed by atoms with Gasteiger partial charge in [0.2, 0.25) is 0 Å². The van der Waals surface area contributed by atoms with Crippen LogP contribution in [0, 0.1) is 5.41 Å². The maximum Gasteiger partial charge on any atom is 0.389 e. The summed E-state index contributed by atoms with van der Waals surface area (Å²) in [4.78, 5) is 15.9. The number of ether oxygens (including phenoxy) is 2. The Bertz CT molecular complexity index is 1170. The molecule has 1 atom stereocenters. The Hall–Kier alpha value is -3.29. The minimum absolute atomic E-state index is 0.125. The van der Waals surface area contributed by atoms with E-state index in [2.05, 4.69) is 36.0 Å². The summed E-state index contributed by atoms with van der Waals surface area (Å²) >= 11 is 0. The number of hydrogen-bond donors (Lipinski definition) is 0. The molecule has 0 bridgehead atoms. The number of aromatic nitrogens is 2. The fraction of sp³-hybridized carbons (Fsp3) is 0.385. The average molecular weight is 475 g/mol. The van der Waals surface area contributed by atoms with Gasteiger partial charge in [-0.3, -0.25) is 4.98 Å². The van der Waals surface area contributed by atoms with Crippen molar-refractivity contribution in [2.75, 3.05) is 13.2 Å². The zero-order valence-corrected chi connectivity index (χ0v) is 19.8. The normalized spacial score (nSPS) is 13.6. The molecular weight excluding hydrogens is 445 g/mol. The molecule has 0 saturated heterocycles. The lowest BCUT2D eigenvalue weighted by molar-refractivity contribution is -0.173. The van der Waals surface area contributed by atoms with Gasteiger partial charge in [-0.2, -0.15) is 13.2 Å². The van der Waals surface area contributed by atoms with Crippen molar-refractivity contribution in [3.63, 3.8) is 0 Å². The largest absolute Gasteiger partial charge is 0.493 e. The average Bonchev–Trinajstić information content (AvgIpc) is 3.14. The molecule has 1 unspecified atom stereocenters. The number of nitrogens with zero attached hydrogens (tertiary/aromatic N) is 2. The topological polar surface area (TPSA) is 53.4 Å². The van der Waals surface area contributed by atoms with Crippen molar-refractivity contribution in [3.05, 3.63) is 60.9 Å². The first-order valence-electron chi connectivity index (χ1n) is 11.0. The standard InChI is InChI=1S/C26H29F3N2O3/c1-17(2)24(32)34-16-25(5,14-26(27,28)29)15-33-21-9-8-19-11-22(20-7-6-10-30-13-20)31(18(3)4)23(19)12-21/h6-13,18H,1,14-16H2,2-5H3. The van der Waals surface area contributed by atoms with Gasteiger partial charge in [0, 0.05) is 46.4 Å². The Labute approximate surface area is 197 Å². The third kappa shape index (κ3) is 6.18. The monoisotopic (exact) mass is 474 g/mol. The molecule has 0 aliphatic rings. The van der Waals surface area contributed by atoms with Crippen LogP contribution in [0.4, 0.5) is 13.2 Å². The molecule has 0 N–H and O–H groups in total. The highest BCUT2D eigenvalue weighted by Crippen LogP contribution is 2.36. The molecule has 182 valence electrons. The summed E-state index contributed by atoms with van der Waals surface area (Å²) in [6.45, 7) is 9.70. The second-order valence-electron chi connectivity index (χ2n) is 9.20. The number of fused-ring (bicyclic) bond motifs is 1. The summed E-state index contributed by atoms with van der Waals surface area (Å²) in [6, 6.07) is 11.5. The van der Waals surface area contributed by atoms with Crippen LogP contribution in [0.25, 0.3) is 22.2 Å². The van der Waals surface area contributed by atoms with Gasteiger partial charge in [-0.15, -0.1) is 0 Å². The van der Waals surface area contributed by atoms with Crippen LogP contribution in [0.2, 0.25) is 0 Å². The Morgan fingerprint density at radius 2 is 1.91 bits per heavy atom. The second kappa shape index (κ2) is 9.91. The first-order chi connectivity index (χ1) is 15.9. The summed E-state index contributed by atoms with van der Waals surface area (Å²) in [5, 5.41) is 0.980. The molecule has 0 radical (unpaired) electrons. The van der Waals surface area contributed by atoms with Gasteiger partial charge >= 0.3 is 12.1 Å². The van der Waals surface area contributed by atoms with Gasteiger partial charge < -0.3 is 14.0 Å². The number of halogens is 3. The van der Waals surface area contributed by atoms with Crippen molar-refractivity contribution in [2.24, 2.45) is 5.41 Å². The van der Waals surface area contributed by atoms with Crippen molar-refractivity contribution in [1.29, 1.82) is 0 Å². The predicted molar refractivity (Wildman–Crippen MR) is 126 cm³/mol. The van der Waals surface area contributed by atoms with E-state index in [1.807, 2.05) is 24.3 Å². The van der Waals surface area contributed by atoms with Crippen molar-refractivity contribution in [2.45, 2.75) is 46.3 Å². The maximum absolute atomic E-state index is 13.3. The maximum atomic E-state index is 13.3. The van der Waals surface area contributed by atoms with Gasteiger partial charge in [0.25, 0.3) is 0 Å². The smallest absolute Gasteiger partial charge is 0.389 e. The number of carbonyl (C=O) groups is 1. The third-order valence-electron chi connectivity index (χ3n) is 5.40. The van der Waals surface area contributed by atoms with E-state index in [1.54, 1.807) is 18.5 Å². The van der Waals surface area contributed by atoms with Crippen LogP contribution >= 0.6 is 0 Å². The van der Waals surface area contributed by atoms with E-state index >= 15 is 0 Å². The van der Waals surface area contributed by atoms with Crippen molar-refractivity contribution in [3.8, 4) is 17.0 Å². The van der Waals surface area contributed by atoms with E-state index in [-0.39, 0.29) is 18.2 Å². The number of hydrogen-bond acceptors (Lipinski definition) is 4. The molecule has 1 aromatic carbocycles. The Balaban J connectivity index is 1.88. The number of benzene rings is 1. The van der Waals surface area contributed by atoms with Crippen LogP contribution in [0.3, 0.4) is 0 Å². The lowest BCUT2D eigenvalue weighted by Gasteiger charge is -2.30. The number of rotatable bonds is 9. The highest BCUT2D eigenvalue weighted by molar-refractivity contribution is 5.88. The first kappa shape index (κ1) is 25.3. The fourth-order valence-electron chi connectivity index (χ4n) is 3.83. The molecule has 5 nitrogen and oxygen atoms in total. The van der Waals surface area contributed by atoms with Gasteiger partial charge in [-0.1, -0.05) is 13.5 Å². The zero-order chi connectivity index (χ0) is 25.1. The quantitative estimate of drug-likeness (QED) is 0.255. The minimum atomic E-state index is -4.44. The molecule has 3 aromatic rings. The molecule has 0 spiro atoms. The van der Waals surface area contributed by atoms with Crippen LogP contribution in [0.5, 0.6) is 5.75 Å². The van der Waals surface area contributed by atoms with Crippen molar-refractivity contribution >= 4 is 16.9 Å². The zero-order valence-electron chi connectivity index (χ0n) is 19.8. The van der Waals surface area contributed by atoms with E-state index in [4.69, 9.17) is 9.47 Å². The Morgan fingerprint density at radius 1 is 1.18 bits per heavy atom. The number of esters is 1. The van der Waals surface area contributed by atoms with Gasteiger partial charge in [0.1, 0.15) is 12.4 Å². The van der Waals surface area contributed by atoms with E-state index in [1.165, 1.54) is 13.8 Å². The Morgan fingerprint density at radius 3 is 2.50 bits per heavy atom. The van der Waals surface area contributed by atoms with E-state index in [0.29, 0.717) is 5.75 Å². The highest BCUT2D eigenvalue weighted by Gasteiger charge is 2.41. The predicted octanol–water partition coefficient (Wildman–Crippen LogP) is 6.74. The molecule has 2 heterocycles. The molecule has 0 aliphatic heterocycles. The molecule has 0 fully saturated rings. The Kier molecular flexibility index (Phi) is 7.38. The molecule has 34 heavy (non-hydrogen) atoms. The SMILES string of the molecule is C=C(C)C(=O)OCC(C)(COc1ccc2cc(-c3cccnc3)n(C(C)C)c2c1)CC(F)(F)F. The number of pyridine rings is 1. The van der Waals surface area contributed by atoms with Crippen LogP contribution in [-0.2, 0) is 9.53 Å². The molecule has 0 amide bonds. The van der Waals surface area contributed by atoms with E-state index < -0.39 is 30.6 Å². The first-order valence-corrected chi connectivity index (χ1v) is 11.0. The highest BCUT2D eigenvalue weighted by atomic mass is 19.4. The van der Waals surface area contributed by atoms with Gasteiger partial charge in [0.15, 0.2) is 0 Å². The van der Waals surface area contributed by atoms with Crippen molar-refractivity contribution in [1.82, 2.24) is 9.55 Å². The minimum Gasteiger partial charge on any atom is -0.493 e. The number of carbonyl (C=O) groups excluding carboxylic acids is 1. The second-order valence-corrected chi connectivity index (χ2v) is 9.20. The molecule has 8 heteroatoms. The van der Waals surface area contributed by atoms with Crippen LogP contribution in [-0.4, -0.2) is 34.9 Å². The van der Waals surface area contributed by atoms with Gasteiger partial charge in [0.05, 0.1) is 24.2 Å². The summed E-state index contributed by atoms with van der Waals surface area (Å²) in [7, 11) is 0. The van der Waals surface area contributed by atoms with Crippen LogP contribution < -0.4 is 4.74 Å². The molecular formula is C26H29F3N2O3. The fourth-order valence-corrected chi connectivity index (χ4v) is 3.83. The van der Waals surface area contributed by atoms with Crippen molar-refractivity contribution < 1.29 is 27.4 Å². The van der Waals surface area contributed by atoms with Crippen LogP contribution in [0.1, 0.15) is 40.2 Å². The molecule has 0 saturated carbocycles. The van der Waals surface area contributed by atoms with Gasteiger partial charge in [-0.05, 0) is 51.1 Å². The lowest BCUT2D eigenvalue weighted by atomic mass is 9.88. The molecule has 2 aromatic heterocycles. The lowest BCUT2D eigenvalue weighted by Crippen LogP contribution is -2.36. The van der Waals surface area contributed by atoms with E-state index in [0.717, 1.165) is 22.2 Å². The molecule has 0 aliphatic carbocycles. The number of alkyl halides is 3. The van der Waals surface area contributed by atoms with E-state index in [9.17, 15) is 18.0 Å². The molecule has 3 rings (SSSR count). The summed E-state index contributed by atoms with van der Waals surface area (Å²) in [6.07, 6.45) is -2.09.